The van der Waals surface area contributed by atoms with E-state index in [-0.39, 0.29) is 28.9 Å². The number of aromatic nitrogens is 7. The van der Waals surface area contributed by atoms with Crippen LogP contribution in [0.15, 0.2) is 45.1 Å². The molecular formula is C22H25FN8O4S. The minimum Gasteiger partial charge on any atom is -0.286 e. The van der Waals surface area contributed by atoms with Crippen molar-refractivity contribution in [2.24, 2.45) is 14.1 Å². The van der Waals surface area contributed by atoms with Gasteiger partial charge in [-0.2, -0.15) is 10.2 Å². The average Bonchev–Trinajstić information content (AvgIpc) is 3.35. The van der Waals surface area contributed by atoms with Crippen LogP contribution in [0.5, 0.6) is 0 Å². The highest BCUT2D eigenvalue weighted by atomic mass is 32.2. The molecule has 0 radical (unpaired) electrons. The van der Waals surface area contributed by atoms with Crippen molar-refractivity contribution < 1.29 is 12.8 Å². The normalized spacial score (nSPS) is 15.0. The summed E-state index contributed by atoms with van der Waals surface area (Å²) in [6, 6.07) is 3.95. The third-order valence-corrected chi connectivity index (χ3v) is 7.90. The minimum absolute atomic E-state index is 0.00923. The summed E-state index contributed by atoms with van der Waals surface area (Å²) in [7, 11) is -0.679. The van der Waals surface area contributed by atoms with Crippen LogP contribution in [0.3, 0.4) is 0 Å². The van der Waals surface area contributed by atoms with Crippen molar-refractivity contribution in [3.05, 3.63) is 68.6 Å². The van der Waals surface area contributed by atoms with E-state index in [0.717, 1.165) is 4.57 Å². The van der Waals surface area contributed by atoms with Gasteiger partial charge in [-0.05, 0) is 38.0 Å². The Morgan fingerprint density at radius 1 is 1.14 bits per heavy atom. The molecule has 14 heteroatoms. The molecule has 0 amide bonds. The lowest BCUT2D eigenvalue weighted by molar-refractivity contribution is 0.393. The first kappa shape index (κ1) is 24.1. The van der Waals surface area contributed by atoms with Gasteiger partial charge >= 0.3 is 5.69 Å². The van der Waals surface area contributed by atoms with Crippen LogP contribution in [0.2, 0.25) is 0 Å². The Balaban J connectivity index is 1.69. The van der Waals surface area contributed by atoms with E-state index in [1.54, 1.807) is 42.8 Å². The molecule has 36 heavy (non-hydrogen) atoms. The van der Waals surface area contributed by atoms with Crippen molar-refractivity contribution in [2.45, 2.75) is 43.3 Å². The van der Waals surface area contributed by atoms with Crippen molar-refractivity contribution in [2.75, 3.05) is 6.67 Å². The number of aryl methyl sites for hydroxylation is 3. The summed E-state index contributed by atoms with van der Waals surface area (Å²) in [5.41, 5.74) is -1.44. The lowest BCUT2D eigenvalue weighted by Gasteiger charge is -2.16. The van der Waals surface area contributed by atoms with E-state index in [1.165, 1.54) is 22.8 Å². The number of halogens is 1. The molecule has 0 atom stereocenters. The standard InChI is InChI=1S/C22H25FN8O4S/c1-14-25-19(29(3)26-14)12-30-18-5-4-16(36(34,35)27-22(13-23)6-7-22)8-17(18)20(32)31(21(30)33)11-15-9-24-28(2)10-15/h4-5,8-10,27H,6-7,11-13H2,1-3H3. The Morgan fingerprint density at radius 2 is 1.89 bits per heavy atom. The maximum atomic E-state index is 13.5. The molecule has 0 spiro atoms. The monoisotopic (exact) mass is 516 g/mol. The van der Waals surface area contributed by atoms with E-state index >= 15 is 0 Å². The van der Waals surface area contributed by atoms with E-state index in [1.807, 2.05) is 0 Å². The molecule has 1 aliphatic rings. The van der Waals surface area contributed by atoms with E-state index < -0.39 is 33.5 Å². The second kappa shape index (κ2) is 8.48. The zero-order valence-corrected chi connectivity index (χ0v) is 20.8. The number of rotatable bonds is 8. The topological polar surface area (TPSA) is 139 Å². The van der Waals surface area contributed by atoms with Gasteiger partial charge in [0.1, 0.15) is 18.3 Å². The molecule has 1 aliphatic carbocycles. The molecule has 0 unspecified atom stereocenters. The van der Waals surface area contributed by atoms with Gasteiger partial charge in [0.2, 0.25) is 10.0 Å². The molecule has 1 saturated carbocycles. The van der Waals surface area contributed by atoms with Crippen molar-refractivity contribution in [3.63, 3.8) is 0 Å². The van der Waals surface area contributed by atoms with Crippen molar-refractivity contribution in [1.82, 2.24) is 38.4 Å². The molecule has 5 rings (SSSR count). The molecule has 12 nitrogen and oxygen atoms in total. The highest BCUT2D eigenvalue weighted by Crippen LogP contribution is 2.37. The molecule has 0 saturated heterocycles. The van der Waals surface area contributed by atoms with E-state index in [2.05, 4.69) is 19.9 Å². The van der Waals surface area contributed by atoms with Gasteiger partial charge < -0.3 is 0 Å². The zero-order valence-electron chi connectivity index (χ0n) is 20.0. The summed E-state index contributed by atoms with van der Waals surface area (Å²) >= 11 is 0. The molecule has 3 heterocycles. The zero-order chi connectivity index (χ0) is 25.8. The molecular weight excluding hydrogens is 491 g/mol. The SMILES string of the molecule is Cc1nc(Cn2c(=O)n(Cc3cnn(C)c3)c(=O)c3cc(S(=O)(=O)NC4(CF)CC4)ccc32)n(C)n1. The van der Waals surface area contributed by atoms with Crippen LogP contribution < -0.4 is 16.0 Å². The molecule has 0 bridgehead atoms. The summed E-state index contributed by atoms with van der Waals surface area (Å²) in [5, 5.41) is 8.33. The molecule has 190 valence electrons. The average molecular weight is 517 g/mol. The van der Waals surface area contributed by atoms with Gasteiger partial charge in [-0.3, -0.25) is 23.3 Å². The number of hydrogen-bond donors (Lipinski definition) is 1. The fourth-order valence-electron chi connectivity index (χ4n) is 4.19. The van der Waals surface area contributed by atoms with Crippen LogP contribution in [-0.4, -0.2) is 54.3 Å². The van der Waals surface area contributed by atoms with Crippen molar-refractivity contribution in [1.29, 1.82) is 0 Å². The second-order valence-electron chi connectivity index (χ2n) is 9.18. The van der Waals surface area contributed by atoms with Gasteiger partial charge in [-0.15, -0.1) is 0 Å². The number of fused-ring (bicyclic) bond motifs is 1. The van der Waals surface area contributed by atoms with Crippen LogP contribution in [0.4, 0.5) is 4.39 Å². The van der Waals surface area contributed by atoms with Gasteiger partial charge in [0, 0.05) is 25.9 Å². The summed E-state index contributed by atoms with van der Waals surface area (Å²) in [5.74, 6) is 1.01. The fourth-order valence-corrected chi connectivity index (χ4v) is 5.66. The maximum absolute atomic E-state index is 13.5. The van der Waals surface area contributed by atoms with Crippen molar-refractivity contribution >= 4 is 20.9 Å². The van der Waals surface area contributed by atoms with Gasteiger partial charge in [0.15, 0.2) is 0 Å². The molecule has 4 aromatic rings. The first-order chi connectivity index (χ1) is 17.0. The first-order valence-corrected chi connectivity index (χ1v) is 12.7. The molecule has 3 aromatic heterocycles. The van der Waals surface area contributed by atoms with Crippen LogP contribution >= 0.6 is 0 Å². The smallest absolute Gasteiger partial charge is 0.286 e. The largest absolute Gasteiger partial charge is 0.332 e. The third kappa shape index (κ3) is 4.26. The first-order valence-electron chi connectivity index (χ1n) is 11.2. The Hall–Kier alpha value is -3.65. The fraction of sp³-hybridized carbons (Fsp3) is 0.409. The number of sulfonamides is 1. The lowest BCUT2D eigenvalue weighted by Crippen LogP contribution is -2.41. The molecule has 1 N–H and O–H groups in total. The molecule has 0 aliphatic heterocycles. The van der Waals surface area contributed by atoms with Gasteiger partial charge in [-0.25, -0.2) is 27.3 Å². The third-order valence-electron chi connectivity index (χ3n) is 6.32. The van der Waals surface area contributed by atoms with E-state index in [4.69, 9.17) is 0 Å². The summed E-state index contributed by atoms with van der Waals surface area (Å²) < 4.78 is 47.2. The number of benzene rings is 1. The number of nitrogens with one attached hydrogen (secondary N) is 1. The van der Waals surface area contributed by atoms with Crippen LogP contribution in [0.1, 0.15) is 30.1 Å². The second-order valence-corrected chi connectivity index (χ2v) is 10.9. The highest BCUT2D eigenvalue weighted by Gasteiger charge is 2.46. The Kier molecular flexibility index (Phi) is 5.67. The highest BCUT2D eigenvalue weighted by molar-refractivity contribution is 7.89. The van der Waals surface area contributed by atoms with E-state index in [9.17, 15) is 22.4 Å². The summed E-state index contributed by atoms with van der Waals surface area (Å²) in [6.07, 6.45) is 4.04. The Morgan fingerprint density at radius 3 is 2.47 bits per heavy atom. The van der Waals surface area contributed by atoms with Gasteiger partial charge in [0.25, 0.3) is 5.56 Å². The summed E-state index contributed by atoms with van der Waals surface area (Å²) in [4.78, 5) is 31.2. The quantitative estimate of drug-likeness (QED) is 0.353. The van der Waals surface area contributed by atoms with Crippen LogP contribution in [0.25, 0.3) is 10.9 Å². The minimum atomic E-state index is -4.09. The predicted molar refractivity (Wildman–Crippen MR) is 128 cm³/mol. The van der Waals surface area contributed by atoms with Crippen LogP contribution in [0, 0.1) is 6.92 Å². The van der Waals surface area contributed by atoms with Crippen LogP contribution in [-0.2, 0) is 37.2 Å². The number of hydrogen-bond acceptors (Lipinski definition) is 7. The lowest BCUT2D eigenvalue weighted by atomic mass is 10.2. The predicted octanol–water partition coefficient (Wildman–Crippen LogP) is 0.211. The van der Waals surface area contributed by atoms with E-state index in [0.29, 0.717) is 30.1 Å². The molecule has 1 fully saturated rings. The van der Waals surface area contributed by atoms with Gasteiger partial charge in [0.05, 0.1) is 40.6 Å². The summed E-state index contributed by atoms with van der Waals surface area (Å²) in [6.45, 7) is 0.866. The number of alkyl halides is 1. The Labute approximate surface area is 205 Å². The van der Waals surface area contributed by atoms with Gasteiger partial charge in [-0.1, -0.05) is 0 Å². The number of nitrogens with zero attached hydrogens (tertiary/aromatic N) is 7. The Bertz CT molecular complexity index is 1710. The van der Waals surface area contributed by atoms with Crippen molar-refractivity contribution in [3.8, 4) is 0 Å². The molecule has 1 aromatic carbocycles. The maximum Gasteiger partial charge on any atom is 0.332 e.